The molecule has 0 amide bonds. The highest BCUT2D eigenvalue weighted by Gasteiger charge is 2.58. The second kappa shape index (κ2) is 2.99. The Kier molecular flexibility index (Phi) is 2.02. The Hall–Kier alpha value is -0.0500. The van der Waals surface area contributed by atoms with E-state index in [0.717, 1.165) is 31.1 Å². The van der Waals surface area contributed by atoms with Crippen molar-refractivity contribution in [1.29, 1.82) is 0 Å². The lowest BCUT2D eigenvalue weighted by Crippen LogP contribution is -2.58. The molecule has 4 bridgehead atoms. The number of rotatable bonds is 1. The molecule has 2 atom stereocenters. The molecule has 0 aromatic carbocycles. The van der Waals surface area contributed by atoms with E-state index < -0.39 is 0 Å². The molecule has 2 unspecified atom stereocenters. The van der Waals surface area contributed by atoms with Crippen LogP contribution in [-0.4, -0.2) is 15.9 Å². The van der Waals surface area contributed by atoms with E-state index in [4.69, 9.17) is 4.74 Å². The third-order valence-corrected chi connectivity index (χ3v) is 5.22. The maximum Gasteiger partial charge on any atom is 0.303 e. The van der Waals surface area contributed by atoms with Gasteiger partial charge in [-0.3, -0.25) is 4.79 Å². The van der Waals surface area contributed by atoms with E-state index in [-0.39, 0.29) is 15.9 Å². The molecule has 0 aromatic rings. The van der Waals surface area contributed by atoms with Crippen molar-refractivity contribution in [2.24, 2.45) is 11.8 Å². The van der Waals surface area contributed by atoms with Crippen LogP contribution in [-0.2, 0) is 9.53 Å². The van der Waals surface area contributed by atoms with E-state index in [1.54, 1.807) is 6.92 Å². The number of alkyl halides is 1. The van der Waals surface area contributed by atoms with E-state index >= 15 is 0 Å². The van der Waals surface area contributed by atoms with Crippen LogP contribution in [0.25, 0.3) is 0 Å². The van der Waals surface area contributed by atoms with Crippen molar-refractivity contribution in [1.82, 2.24) is 0 Å². The third-order valence-electron chi connectivity index (χ3n) is 4.30. The fourth-order valence-corrected chi connectivity index (χ4v) is 5.92. The van der Waals surface area contributed by atoms with Crippen LogP contribution in [0.5, 0.6) is 0 Å². The first-order valence-electron chi connectivity index (χ1n) is 5.87. The summed E-state index contributed by atoms with van der Waals surface area (Å²) in [5.41, 5.74) is -0.112. The van der Waals surface area contributed by atoms with E-state index in [0.29, 0.717) is 0 Å². The molecule has 4 aliphatic carbocycles. The Bertz CT molecular complexity index is 299. The Morgan fingerprint density at radius 1 is 1.27 bits per heavy atom. The number of esters is 1. The number of ether oxygens (including phenoxy) is 1. The molecule has 4 rings (SSSR count). The van der Waals surface area contributed by atoms with Gasteiger partial charge in [-0.2, -0.15) is 0 Å². The first-order valence-corrected chi connectivity index (χ1v) is 6.67. The van der Waals surface area contributed by atoms with Crippen molar-refractivity contribution in [3.05, 3.63) is 0 Å². The molecule has 0 N–H and O–H groups in total. The topological polar surface area (TPSA) is 26.3 Å². The Morgan fingerprint density at radius 2 is 1.87 bits per heavy atom. The number of carbonyl (C=O) groups is 1. The minimum absolute atomic E-state index is 0.104. The van der Waals surface area contributed by atoms with Crippen LogP contribution in [0.3, 0.4) is 0 Å². The lowest BCUT2D eigenvalue weighted by molar-refractivity contribution is -0.180. The summed E-state index contributed by atoms with van der Waals surface area (Å²) in [6.07, 6.45) is 7.18. The zero-order chi connectivity index (χ0) is 10.7. The van der Waals surface area contributed by atoms with Gasteiger partial charge in [0.15, 0.2) is 0 Å². The molecule has 4 aliphatic rings. The molecule has 4 saturated carbocycles. The first-order chi connectivity index (χ1) is 6.99. The molecule has 0 aliphatic heterocycles. The molecule has 0 heterocycles. The van der Waals surface area contributed by atoms with Gasteiger partial charge in [-0.1, -0.05) is 15.9 Å². The largest absolute Gasteiger partial charge is 0.459 e. The second-order valence-corrected chi connectivity index (χ2v) is 7.57. The molecule has 4 fully saturated rings. The van der Waals surface area contributed by atoms with Gasteiger partial charge in [-0.25, -0.2) is 0 Å². The molecule has 0 saturated heterocycles. The van der Waals surface area contributed by atoms with Crippen molar-refractivity contribution < 1.29 is 9.53 Å². The molecular weight excluding hydrogens is 256 g/mol. The van der Waals surface area contributed by atoms with Gasteiger partial charge in [0.25, 0.3) is 0 Å². The van der Waals surface area contributed by atoms with Crippen molar-refractivity contribution in [3.63, 3.8) is 0 Å². The highest BCUT2D eigenvalue weighted by Crippen LogP contribution is 2.61. The SMILES string of the molecule is CC(=O)OC12CC3CC(CC(Br)(C3)C1)C2. The van der Waals surface area contributed by atoms with Crippen LogP contribution in [0.4, 0.5) is 0 Å². The molecule has 15 heavy (non-hydrogen) atoms. The fraction of sp³-hybridized carbons (Fsp3) is 0.917. The highest BCUT2D eigenvalue weighted by atomic mass is 79.9. The van der Waals surface area contributed by atoms with Crippen LogP contribution >= 0.6 is 15.9 Å². The molecule has 0 radical (unpaired) electrons. The molecular formula is C12H17BrO2. The predicted molar refractivity (Wildman–Crippen MR) is 60.8 cm³/mol. The van der Waals surface area contributed by atoms with Crippen LogP contribution in [0.2, 0.25) is 0 Å². The number of halogens is 1. The van der Waals surface area contributed by atoms with Gasteiger partial charge in [-0.15, -0.1) is 0 Å². The summed E-state index contributed by atoms with van der Waals surface area (Å²) in [6, 6.07) is 0. The highest BCUT2D eigenvalue weighted by molar-refractivity contribution is 9.10. The number of hydrogen-bond acceptors (Lipinski definition) is 2. The molecule has 84 valence electrons. The molecule has 0 spiro atoms. The van der Waals surface area contributed by atoms with Gasteiger partial charge in [0.1, 0.15) is 5.60 Å². The lowest BCUT2D eigenvalue weighted by Gasteiger charge is -2.59. The van der Waals surface area contributed by atoms with Crippen molar-refractivity contribution >= 4 is 21.9 Å². The van der Waals surface area contributed by atoms with Crippen LogP contribution in [0, 0.1) is 11.8 Å². The zero-order valence-corrected chi connectivity index (χ0v) is 10.7. The Balaban J connectivity index is 1.89. The summed E-state index contributed by atoms with van der Waals surface area (Å²) < 4.78 is 5.93. The first kappa shape index (κ1) is 10.1. The van der Waals surface area contributed by atoms with Gasteiger partial charge < -0.3 is 4.74 Å². The lowest BCUT2D eigenvalue weighted by atomic mass is 9.54. The second-order valence-electron chi connectivity index (χ2n) is 5.89. The van der Waals surface area contributed by atoms with Crippen LogP contribution in [0.15, 0.2) is 0 Å². The smallest absolute Gasteiger partial charge is 0.303 e. The summed E-state index contributed by atoms with van der Waals surface area (Å²) in [5, 5.41) is 0. The van der Waals surface area contributed by atoms with Gasteiger partial charge in [0, 0.05) is 17.7 Å². The summed E-state index contributed by atoms with van der Waals surface area (Å²) in [6.45, 7) is 1.54. The van der Waals surface area contributed by atoms with E-state index in [2.05, 4.69) is 15.9 Å². The van der Waals surface area contributed by atoms with E-state index in [9.17, 15) is 4.79 Å². The number of carbonyl (C=O) groups excluding carboxylic acids is 1. The van der Waals surface area contributed by atoms with E-state index in [1.165, 1.54) is 19.3 Å². The average molecular weight is 273 g/mol. The standard InChI is InChI=1S/C12H17BrO2/c1-8(14)15-12-5-9-2-10(6-12)4-11(13,3-9)7-12/h9-10H,2-7H2,1H3. The van der Waals surface area contributed by atoms with E-state index in [1.807, 2.05) is 0 Å². The summed E-state index contributed by atoms with van der Waals surface area (Å²) >= 11 is 3.89. The summed E-state index contributed by atoms with van der Waals surface area (Å²) in [7, 11) is 0. The molecule has 3 heteroatoms. The van der Waals surface area contributed by atoms with Gasteiger partial charge in [0.2, 0.25) is 0 Å². The Labute approximate surface area is 98.9 Å². The van der Waals surface area contributed by atoms with Crippen LogP contribution < -0.4 is 0 Å². The summed E-state index contributed by atoms with van der Waals surface area (Å²) in [5.74, 6) is 1.46. The van der Waals surface area contributed by atoms with Gasteiger partial charge in [0.05, 0.1) is 0 Å². The normalized spacial score (nSPS) is 51.9. The minimum Gasteiger partial charge on any atom is -0.459 e. The van der Waals surface area contributed by atoms with Crippen molar-refractivity contribution in [3.8, 4) is 0 Å². The fourth-order valence-electron chi connectivity index (χ4n) is 4.49. The van der Waals surface area contributed by atoms with Crippen molar-refractivity contribution in [2.75, 3.05) is 0 Å². The minimum atomic E-state index is -0.112. The van der Waals surface area contributed by atoms with Gasteiger partial charge in [-0.05, 0) is 43.9 Å². The molecule has 2 nitrogen and oxygen atoms in total. The Morgan fingerprint density at radius 3 is 2.33 bits per heavy atom. The average Bonchev–Trinajstić information content (AvgIpc) is 1.94. The maximum absolute atomic E-state index is 11.2. The predicted octanol–water partition coefficient (Wildman–Crippen LogP) is 3.04. The zero-order valence-electron chi connectivity index (χ0n) is 9.09. The maximum atomic E-state index is 11.2. The van der Waals surface area contributed by atoms with Crippen LogP contribution in [0.1, 0.15) is 45.4 Å². The third kappa shape index (κ3) is 1.63. The monoisotopic (exact) mass is 272 g/mol. The van der Waals surface area contributed by atoms with Crippen molar-refractivity contribution in [2.45, 2.75) is 55.4 Å². The quantitative estimate of drug-likeness (QED) is 0.542. The number of hydrogen-bond donors (Lipinski definition) is 0. The summed E-state index contributed by atoms with van der Waals surface area (Å²) in [4.78, 5) is 11.2. The van der Waals surface area contributed by atoms with Gasteiger partial charge >= 0.3 is 5.97 Å². The molecule has 0 aromatic heterocycles.